The highest BCUT2D eigenvalue weighted by molar-refractivity contribution is 5.84. The molecule has 0 spiro atoms. The molecule has 2 rings (SSSR count). The van der Waals surface area contributed by atoms with E-state index in [1.807, 2.05) is 6.07 Å². The monoisotopic (exact) mass is 303 g/mol. The van der Waals surface area contributed by atoms with Crippen molar-refractivity contribution in [3.05, 3.63) is 34.9 Å². The van der Waals surface area contributed by atoms with Gasteiger partial charge in [0.05, 0.1) is 6.54 Å². The molecule has 1 aliphatic heterocycles. The fourth-order valence-electron chi connectivity index (χ4n) is 2.41. The largest absolute Gasteiger partial charge is 0.350 e. The number of hydrogen-bond acceptors (Lipinski definition) is 3. The highest BCUT2D eigenvalue weighted by Crippen LogP contribution is 2.16. The van der Waals surface area contributed by atoms with Crippen LogP contribution in [0.4, 0.5) is 0 Å². The number of benzene rings is 1. The Balaban J connectivity index is 1.68. The molecule has 120 valence electrons. The maximum absolute atomic E-state index is 11.8. The predicted molar refractivity (Wildman–Crippen MR) is 85.9 cm³/mol. The molecule has 0 radical (unpaired) electrons. The lowest BCUT2D eigenvalue weighted by molar-refractivity contribution is -0.126. The van der Waals surface area contributed by atoms with E-state index in [0.717, 1.165) is 25.1 Å². The first kappa shape index (κ1) is 16.5. The molecule has 0 aliphatic carbocycles. The van der Waals surface area contributed by atoms with Crippen molar-refractivity contribution in [3.8, 4) is 0 Å². The Bertz CT molecular complexity index is 541. The van der Waals surface area contributed by atoms with E-state index in [-0.39, 0.29) is 18.4 Å². The van der Waals surface area contributed by atoms with Gasteiger partial charge in [0.25, 0.3) is 0 Å². The molecule has 22 heavy (non-hydrogen) atoms. The maximum atomic E-state index is 11.8. The Kier molecular flexibility index (Phi) is 5.95. The van der Waals surface area contributed by atoms with Gasteiger partial charge in [-0.2, -0.15) is 0 Å². The number of nitrogens with one attached hydrogen (secondary N) is 3. The van der Waals surface area contributed by atoms with Gasteiger partial charge in [-0.05, 0) is 29.0 Å². The van der Waals surface area contributed by atoms with Gasteiger partial charge in [0, 0.05) is 26.1 Å². The van der Waals surface area contributed by atoms with Crippen LogP contribution < -0.4 is 16.0 Å². The number of carbonyl (C=O) groups is 2. The van der Waals surface area contributed by atoms with Crippen LogP contribution in [0, 0.1) is 5.92 Å². The molecule has 0 unspecified atom stereocenters. The Hall–Kier alpha value is -1.88. The minimum Gasteiger partial charge on any atom is -0.350 e. The van der Waals surface area contributed by atoms with E-state index in [1.165, 1.54) is 11.1 Å². The van der Waals surface area contributed by atoms with E-state index < -0.39 is 0 Å². The van der Waals surface area contributed by atoms with Crippen molar-refractivity contribution in [2.45, 2.75) is 46.3 Å². The highest BCUT2D eigenvalue weighted by Gasteiger charge is 2.11. The van der Waals surface area contributed by atoms with Crippen molar-refractivity contribution < 1.29 is 9.59 Å². The Morgan fingerprint density at radius 3 is 2.68 bits per heavy atom. The second-order valence-corrected chi connectivity index (χ2v) is 6.19. The summed E-state index contributed by atoms with van der Waals surface area (Å²) < 4.78 is 0. The molecule has 0 saturated heterocycles. The summed E-state index contributed by atoms with van der Waals surface area (Å²) in [6, 6.07) is 6.26. The standard InChI is InChI=1S/C17H25N3O2/c1-12(2)3-6-16(21)20-11-17(22)19-8-13-4-5-14-9-18-10-15(14)7-13/h4-5,7,12,18H,3,6,8-11H2,1-2H3,(H,19,22)(H,20,21). The molecule has 1 heterocycles. The van der Waals surface area contributed by atoms with Crippen molar-refractivity contribution in [2.24, 2.45) is 5.92 Å². The number of amides is 2. The van der Waals surface area contributed by atoms with Crippen LogP contribution in [0.25, 0.3) is 0 Å². The second-order valence-electron chi connectivity index (χ2n) is 6.19. The average molecular weight is 303 g/mol. The van der Waals surface area contributed by atoms with Crippen molar-refractivity contribution in [3.63, 3.8) is 0 Å². The number of carbonyl (C=O) groups excluding carboxylic acids is 2. The van der Waals surface area contributed by atoms with Crippen LogP contribution in [-0.2, 0) is 29.2 Å². The molecule has 5 nitrogen and oxygen atoms in total. The van der Waals surface area contributed by atoms with Gasteiger partial charge in [0.15, 0.2) is 0 Å². The molecule has 0 atom stereocenters. The molecule has 0 bridgehead atoms. The Morgan fingerprint density at radius 2 is 1.91 bits per heavy atom. The molecular formula is C17H25N3O2. The number of hydrogen-bond donors (Lipinski definition) is 3. The van der Waals surface area contributed by atoms with E-state index in [2.05, 4.69) is 41.9 Å². The SMILES string of the molecule is CC(C)CCC(=O)NCC(=O)NCc1ccc2c(c1)CNC2. The van der Waals surface area contributed by atoms with E-state index in [4.69, 9.17) is 0 Å². The smallest absolute Gasteiger partial charge is 0.239 e. The second kappa shape index (κ2) is 7.94. The van der Waals surface area contributed by atoms with Gasteiger partial charge in [-0.3, -0.25) is 9.59 Å². The first-order valence-electron chi connectivity index (χ1n) is 7.89. The minimum absolute atomic E-state index is 0.0451. The quantitative estimate of drug-likeness (QED) is 0.714. The summed E-state index contributed by atoms with van der Waals surface area (Å²) in [6.07, 6.45) is 1.32. The number of fused-ring (bicyclic) bond motifs is 1. The van der Waals surface area contributed by atoms with E-state index in [1.54, 1.807) is 0 Å². The molecule has 0 fully saturated rings. The van der Waals surface area contributed by atoms with Crippen LogP contribution in [0.15, 0.2) is 18.2 Å². The van der Waals surface area contributed by atoms with Gasteiger partial charge in [-0.1, -0.05) is 32.0 Å². The van der Waals surface area contributed by atoms with Crippen LogP contribution in [0.2, 0.25) is 0 Å². The van der Waals surface area contributed by atoms with Gasteiger partial charge in [0.2, 0.25) is 11.8 Å². The molecule has 1 aromatic carbocycles. The van der Waals surface area contributed by atoms with E-state index in [9.17, 15) is 9.59 Å². The zero-order chi connectivity index (χ0) is 15.9. The molecule has 1 aliphatic rings. The topological polar surface area (TPSA) is 70.2 Å². The van der Waals surface area contributed by atoms with Crippen LogP contribution in [0.1, 0.15) is 43.4 Å². The summed E-state index contributed by atoms with van der Waals surface area (Å²) in [7, 11) is 0. The molecule has 1 aromatic rings. The minimum atomic E-state index is -0.156. The summed E-state index contributed by atoms with van der Waals surface area (Å²) in [4.78, 5) is 23.3. The molecule has 3 N–H and O–H groups in total. The van der Waals surface area contributed by atoms with Crippen LogP contribution >= 0.6 is 0 Å². The zero-order valence-corrected chi connectivity index (χ0v) is 13.4. The summed E-state index contributed by atoms with van der Waals surface area (Å²) >= 11 is 0. The van der Waals surface area contributed by atoms with Gasteiger partial charge in [-0.15, -0.1) is 0 Å². The third-order valence-corrected chi connectivity index (χ3v) is 3.79. The molecule has 0 aromatic heterocycles. The molecular weight excluding hydrogens is 278 g/mol. The lowest BCUT2D eigenvalue weighted by atomic mass is 10.1. The zero-order valence-electron chi connectivity index (χ0n) is 13.4. The Morgan fingerprint density at radius 1 is 1.14 bits per heavy atom. The van der Waals surface area contributed by atoms with Crippen molar-refractivity contribution >= 4 is 11.8 Å². The summed E-state index contributed by atoms with van der Waals surface area (Å²) in [6.45, 7) is 6.50. The van der Waals surface area contributed by atoms with Crippen LogP contribution in [-0.4, -0.2) is 18.4 Å². The van der Waals surface area contributed by atoms with Crippen molar-refractivity contribution in [1.82, 2.24) is 16.0 Å². The van der Waals surface area contributed by atoms with Crippen LogP contribution in [0.5, 0.6) is 0 Å². The van der Waals surface area contributed by atoms with Gasteiger partial charge in [0.1, 0.15) is 0 Å². The molecule has 2 amide bonds. The maximum Gasteiger partial charge on any atom is 0.239 e. The lowest BCUT2D eigenvalue weighted by Crippen LogP contribution is -2.36. The molecule has 5 heteroatoms. The Labute approximate surface area is 131 Å². The molecule has 0 saturated carbocycles. The summed E-state index contributed by atoms with van der Waals surface area (Å²) in [5.74, 6) is 0.276. The van der Waals surface area contributed by atoms with Gasteiger partial charge in [-0.25, -0.2) is 0 Å². The van der Waals surface area contributed by atoms with Gasteiger partial charge >= 0.3 is 0 Å². The fourth-order valence-corrected chi connectivity index (χ4v) is 2.41. The third-order valence-electron chi connectivity index (χ3n) is 3.79. The third kappa shape index (κ3) is 5.15. The average Bonchev–Trinajstić information content (AvgIpc) is 2.96. The van der Waals surface area contributed by atoms with E-state index >= 15 is 0 Å². The van der Waals surface area contributed by atoms with E-state index in [0.29, 0.717) is 18.9 Å². The van der Waals surface area contributed by atoms with Gasteiger partial charge < -0.3 is 16.0 Å². The highest BCUT2D eigenvalue weighted by atomic mass is 16.2. The fraction of sp³-hybridized carbons (Fsp3) is 0.529. The summed E-state index contributed by atoms with van der Waals surface area (Å²) in [5, 5.41) is 8.79. The van der Waals surface area contributed by atoms with Crippen molar-refractivity contribution in [1.29, 1.82) is 0 Å². The first-order valence-corrected chi connectivity index (χ1v) is 7.89. The lowest BCUT2D eigenvalue weighted by Gasteiger charge is -2.09. The number of rotatable bonds is 7. The predicted octanol–water partition coefficient (Wildman–Crippen LogP) is 1.46. The summed E-state index contributed by atoms with van der Waals surface area (Å²) in [5.41, 5.74) is 3.71. The van der Waals surface area contributed by atoms with Crippen molar-refractivity contribution in [2.75, 3.05) is 6.54 Å². The van der Waals surface area contributed by atoms with Crippen LogP contribution in [0.3, 0.4) is 0 Å². The first-order chi connectivity index (χ1) is 10.5. The normalized spacial score (nSPS) is 13.0.